The van der Waals surface area contributed by atoms with Crippen LogP contribution < -0.4 is 5.01 Å². The Balaban J connectivity index is 1.78. The van der Waals surface area contributed by atoms with Crippen molar-refractivity contribution in [1.82, 2.24) is 0 Å². The third-order valence-corrected chi connectivity index (χ3v) is 4.65. The first kappa shape index (κ1) is 15.0. The second kappa shape index (κ2) is 6.50. The molecule has 4 rings (SSSR count). The van der Waals surface area contributed by atoms with Crippen molar-refractivity contribution in [1.29, 1.82) is 0 Å². The Morgan fingerprint density at radius 3 is 2.12 bits per heavy atom. The van der Waals surface area contributed by atoms with Gasteiger partial charge in [0.1, 0.15) is 0 Å². The van der Waals surface area contributed by atoms with E-state index >= 15 is 0 Å². The quantitative estimate of drug-likeness (QED) is 0.601. The number of hydrogen-bond donors (Lipinski definition) is 0. The van der Waals surface area contributed by atoms with Crippen LogP contribution in [0.25, 0.3) is 0 Å². The summed E-state index contributed by atoms with van der Waals surface area (Å²) in [6.07, 6.45) is 0.836. The molecular formula is C21H17ClN2. The Kier molecular flexibility index (Phi) is 4.06. The van der Waals surface area contributed by atoms with Crippen molar-refractivity contribution in [3.8, 4) is 0 Å². The van der Waals surface area contributed by atoms with Gasteiger partial charge in [-0.15, -0.1) is 0 Å². The van der Waals surface area contributed by atoms with E-state index in [0.29, 0.717) is 0 Å². The molecule has 0 saturated carbocycles. The number of nitrogens with zero attached hydrogens (tertiary/aromatic N) is 2. The molecule has 2 nitrogen and oxygen atoms in total. The van der Waals surface area contributed by atoms with E-state index < -0.39 is 0 Å². The molecule has 24 heavy (non-hydrogen) atoms. The molecule has 1 heterocycles. The fraction of sp³-hybridized carbons (Fsp3) is 0.0952. The van der Waals surface area contributed by atoms with Gasteiger partial charge < -0.3 is 0 Å². The summed E-state index contributed by atoms with van der Waals surface area (Å²) in [5.74, 6) is 0. The monoisotopic (exact) mass is 332 g/mol. The predicted octanol–water partition coefficient (Wildman–Crippen LogP) is 5.70. The molecule has 1 aliphatic rings. The van der Waals surface area contributed by atoms with Crippen LogP contribution in [0.4, 0.5) is 5.69 Å². The van der Waals surface area contributed by atoms with Crippen molar-refractivity contribution < 1.29 is 0 Å². The molecule has 0 bridgehead atoms. The molecule has 0 radical (unpaired) electrons. The number of benzene rings is 3. The summed E-state index contributed by atoms with van der Waals surface area (Å²) in [5.41, 5.74) is 4.43. The number of halogens is 1. The van der Waals surface area contributed by atoms with E-state index in [1.54, 1.807) is 0 Å². The molecule has 3 aromatic rings. The molecule has 0 amide bonds. The van der Waals surface area contributed by atoms with Gasteiger partial charge in [-0.25, -0.2) is 0 Å². The average Bonchev–Trinajstić information content (AvgIpc) is 3.09. The number of hydrazone groups is 1. The molecule has 118 valence electrons. The highest BCUT2D eigenvalue weighted by Gasteiger charge is 2.30. The van der Waals surface area contributed by atoms with Gasteiger partial charge in [0.15, 0.2) is 0 Å². The van der Waals surface area contributed by atoms with Gasteiger partial charge in [0.05, 0.1) is 17.4 Å². The Labute approximate surface area is 147 Å². The molecule has 0 saturated heterocycles. The minimum atomic E-state index is 0.108. The molecule has 0 unspecified atom stereocenters. The highest BCUT2D eigenvalue weighted by atomic mass is 35.5. The lowest BCUT2D eigenvalue weighted by atomic mass is 9.98. The second-order valence-corrected chi connectivity index (χ2v) is 6.24. The topological polar surface area (TPSA) is 15.6 Å². The van der Waals surface area contributed by atoms with Crippen molar-refractivity contribution in [3.05, 3.63) is 101 Å². The summed E-state index contributed by atoms with van der Waals surface area (Å²) in [4.78, 5) is 0. The largest absolute Gasteiger partial charge is 0.257 e. The maximum absolute atomic E-state index is 6.47. The van der Waals surface area contributed by atoms with Crippen LogP contribution in [0.1, 0.15) is 23.6 Å². The molecule has 3 aromatic carbocycles. The second-order valence-electron chi connectivity index (χ2n) is 5.83. The standard InChI is InChI=1S/C21H17ClN2/c22-19-14-8-7-13-18(19)21-15-20(16-9-3-1-4-10-16)23-24(21)17-11-5-2-6-12-17/h1-14,21H,15H2/t21-/m1/s1. The number of hydrogen-bond acceptors (Lipinski definition) is 2. The average molecular weight is 333 g/mol. The van der Waals surface area contributed by atoms with Gasteiger partial charge in [0, 0.05) is 11.4 Å². The fourth-order valence-electron chi connectivity index (χ4n) is 3.12. The first-order valence-electron chi connectivity index (χ1n) is 8.04. The molecule has 0 aliphatic carbocycles. The zero-order valence-electron chi connectivity index (χ0n) is 13.1. The Hall–Kier alpha value is -2.58. The molecule has 0 aromatic heterocycles. The van der Waals surface area contributed by atoms with Gasteiger partial charge in [0.2, 0.25) is 0 Å². The van der Waals surface area contributed by atoms with Crippen LogP contribution >= 0.6 is 11.6 Å². The van der Waals surface area contributed by atoms with E-state index in [0.717, 1.165) is 34.0 Å². The van der Waals surface area contributed by atoms with Crippen molar-refractivity contribution >= 4 is 23.0 Å². The summed E-state index contributed by atoms with van der Waals surface area (Å²) in [6, 6.07) is 28.7. The lowest BCUT2D eigenvalue weighted by Crippen LogP contribution is -2.18. The van der Waals surface area contributed by atoms with Gasteiger partial charge in [0.25, 0.3) is 0 Å². The minimum absolute atomic E-state index is 0.108. The molecule has 1 aliphatic heterocycles. The van der Waals surface area contributed by atoms with Gasteiger partial charge in [-0.05, 0) is 29.3 Å². The van der Waals surface area contributed by atoms with Crippen molar-refractivity contribution in [2.45, 2.75) is 12.5 Å². The molecule has 3 heteroatoms. The van der Waals surface area contributed by atoms with Crippen LogP contribution in [0.2, 0.25) is 5.02 Å². The summed E-state index contributed by atoms with van der Waals surface area (Å²) in [7, 11) is 0. The van der Waals surface area contributed by atoms with Crippen LogP contribution in [-0.4, -0.2) is 5.71 Å². The molecule has 0 fully saturated rings. The van der Waals surface area contributed by atoms with Gasteiger partial charge in [-0.1, -0.05) is 78.3 Å². The van der Waals surface area contributed by atoms with Gasteiger partial charge in [-0.2, -0.15) is 5.10 Å². The van der Waals surface area contributed by atoms with Gasteiger partial charge >= 0.3 is 0 Å². The highest BCUT2D eigenvalue weighted by molar-refractivity contribution is 6.31. The van der Waals surface area contributed by atoms with Crippen LogP contribution in [0.15, 0.2) is 90.0 Å². The maximum atomic E-state index is 6.47. The minimum Gasteiger partial charge on any atom is -0.257 e. The third-order valence-electron chi connectivity index (χ3n) is 4.30. The normalized spacial score (nSPS) is 17.0. The number of rotatable bonds is 3. The molecular weight excluding hydrogens is 316 g/mol. The third kappa shape index (κ3) is 2.81. The van der Waals surface area contributed by atoms with E-state index in [4.69, 9.17) is 16.7 Å². The van der Waals surface area contributed by atoms with E-state index in [1.165, 1.54) is 0 Å². The molecule has 0 N–H and O–H groups in total. The summed E-state index contributed by atoms with van der Waals surface area (Å²) >= 11 is 6.47. The molecule has 1 atom stereocenters. The van der Waals surface area contributed by atoms with Gasteiger partial charge in [-0.3, -0.25) is 5.01 Å². The van der Waals surface area contributed by atoms with E-state index in [2.05, 4.69) is 35.3 Å². The lowest BCUT2D eigenvalue weighted by Gasteiger charge is -2.24. The SMILES string of the molecule is Clc1ccccc1[C@H]1CC(c2ccccc2)=NN1c1ccccc1. The summed E-state index contributed by atoms with van der Waals surface area (Å²) < 4.78 is 0. The zero-order valence-corrected chi connectivity index (χ0v) is 13.9. The Morgan fingerprint density at radius 2 is 1.42 bits per heavy atom. The number of anilines is 1. The van der Waals surface area contributed by atoms with Crippen molar-refractivity contribution in [2.24, 2.45) is 5.10 Å². The summed E-state index contributed by atoms with van der Waals surface area (Å²) in [6.45, 7) is 0. The van der Waals surface area contributed by atoms with E-state index in [1.807, 2.05) is 54.6 Å². The fourth-order valence-corrected chi connectivity index (χ4v) is 3.38. The van der Waals surface area contributed by atoms with Crippen LogP contribution in [0.5, 0.6) is 0 Å². The smallest absolute Gasteiger partial charge is 0.0846 e. The Bertz CT molecular complexity index is 859. The number of para-hydroxylation sites is 1. The molecule has 0 spiro atoms. The van der Waals surface area contributed by atoms with Crippen LogP contribution in [0.3, 0.4) is 0 Å². The summed E-state index contributed by atoms with van der Waals surface area (Å²) in [5, 5.41) is 7.79. The van der Waals surface area contributed by atoms with E-state index in [9.17, 15) is 0 Å². The van der Waals surface area contributed by atoms with Crippen molar-refractivity contribution in [2.75, 3.05) is 5.01 Å². The zero-order chi connectivity index (χ0) is 16.4. The van der Waals surface area contributed by atoms with E-state index in [-0.39, 0.29) is 6.04 Å². The highest BCUT2D eigenvalue weighted by Crippen LogP contribution is 2.39. The predicted molar refractivity (Wildman–Crippen MR) is 101 cm³/mol. The lowest BCUT2D eigenvalue weighted by molar-refractivity contribution is 0.709. The first-order valence-corrected chi connectivity index (χ1v) is 8.42. The Morgan fingerprint density at radius 1 is 0.792 bits per heavy atom. The maximum Gasteiger partial charge on any atom is 0.0846 e. The van der Waals surface area contributed by atoms with Crippen LogP contribution in [0, 0.1) is 0 Å². The first-order chi connectivity index (χ1) is 11.8. The van der Waals surface area contributed by atoms with Crippen LogP contribution in [-0.2, 0) is 0 Å². The van der Waals surface area contributed by atoms with Crippen molar-refractivity contribution in [3.63, 3.8) is 0 Å².